The van der Waals surface area contributed by atoms with E-state index in [9.17, 15) is 14.4 Å². The summed E-state index contributed by atoms with van der Waals surface area (Å²) in [5.41, 5.74) is 0.887. The molecule has 6 nitrogen and oxygen atoms in total. The molecule has 1 aliphatic carbocycles. The minimum atomic E-state index is -0.900. The smallest absolute Gasteiger partial charge is 0.315 e. The standard InChI is InChI=1S/C22H32N2O4/c1-15(2)17-10-12-18(13-11-17)21(26)23-19(14-16-8-6-5-7-9-16)20(25)22(27)24(3)28-4/h5-9,15,17-19H,10-14H2,1-4H3,(H,23,26)/t17?,18?,19-/m1/s1. The fourth-order valence-electron chi connectivity index (χ4n) is 3.78. The summed E-state index contributed by atoms with van der Waals surface area (Å²) >= 11 is 0. The molecular weight excluding hydrogens is 356 g/mol. The Morgan fingerprint density at radius 1 is 1.11 bits per heavy atom. The van der Waals surface area contributed by atoms with E-state index >= 15 is 0 Å². The Balaban J connectivity index is 2.07. The molecule has 1 aromatic carbocycles. The van der Waals surface area contributed by atoms with Gasteiger partial charge in [-0.25, -0.2) is 5.06 Å². The van der Waals surface area contributed by atoms with Crippen LogP contribution in [0.4, 0.5) is 0 Å². The van der Waals surface area contributed by atoms with Crippen molar-refractivity contribution >= 4 is 17.6 Å². The third kappa shape index (κ3) is 5.89. The Hall–Kier alpha value is -2.21. The number of nitrogens with one attached hydrogen (secondary N) is 1. The van der Waals surface area contributed by atoms with Crippen molar-refractivity contribution in [3.05, 3.63) is 35.9 Å². The van der Waals surface area contributed by atoms with Gasteiger partial charge >= 0.3 is 5.91 Å². The maximum Gasteiger partial charge on any atom is 0.315 e. The molecule has 154 valence electrons. The number of hydroxylamine groups is 2. The highest BCUT2D eigenvalue weighted by atomic mass is 16.7. The molecule has 1 N–H and O–H groups in total. The number of rotatable bonds is 8. The maximum atomic E-state index is 12.8. The van der Waals surface area contributed by atoms with Gasteiger partial charge < -0.3 is 5.32 Å². The Labute approximate surface area is 167 Å². The molecule has 1 fully saturated rings. The molecule has 1 saturated carbocycles. The van der Waals surface area contributed by atoms with Gasteiger partial charge in [0.1, 0.15) is 6.04 Å². The first-order valence-electron chi connectivity index (χ1n) is 10.0. The third-order valence-corrected chi connectivity index (χ3v) is 5.77. The summed E-state index contributed by atoms with van der Waals surface area (Å²) in [7, 11) is 2.71. The van der Waals surface area contributed by atoms with Crippen LogP contribution in [0.3, 0.4) is 0 Å². The first kappa shape index (κ1) is 22.1. The summed E-state index contributed by atoms with van der Waals surface area (Å²) in [6.45, 7) is 4.44. The van der Waals surface area contributed by atoms with Gasteiger partial charge in [0.05, 0.1) is 7.11 Å². The monoisotopic (exact) mass is 388 g/mol. The number of benzene rings is 1. The van der Waals surface area contributed by atoms with E-state index in [-0.39, 0.29) is 18.2 Å². The second-order valence-corrected chi connectivity index (χ2v) is 7.96. The van der Waals surface area contributed by atoms with Gasteiger partial charge in [-0.2, -0.15) is 0 Å². The molecule has 1 aliphatic rings. The summed E-state index contributed by atoms with van der Waals surface area (Å²) in [4.78, 5) is 42.7. The predicted octanol–water partition coefficient (Wildman–Crippen LogP) is 2.77. The first-order chi connectivity index (χ1) is 13.3. The normalized spacial score (nSPS) is 20.5. The molecule has 0 unspecified atom stereocenters. The molecule has 0 aromatic heterocycles. The Morgan fingerprint density at radius 3 is 2.25 bits per heavy atom. The molecule has 0 saturated heterocycles. The highest BCUT2D eigenvalue weighted by Crippen LogP contribution is 2.33. The lowest BCUT2D eigenvalue weighted by Crippen LogP contribution is -2.50. The summed E-state index contributed by atoms with van der Waals surface area (Å²) in [5, 5.41) is 3.74. The lowest BCUT2D eigenvalue weighted by molar-refractivity contribution is -0.173. The Bertz CT molecular complexity index is 666. The van der Waals surface area contributed by atoms with Gasteiger partial charge in [0, 0.05) is 19.4 Å². The average Bonchev–Trinajstić information content (AvgIpc) is 2.72. The van der Waals surface area contributed by atoms with Gasteiger partial charge in [0.15, 0.2) is 0 Å². The number of hydrogen-bond donors (Lipinski definition) is 1. The molecule has 0 radical (unpaired) electrons. The summed E-state index contributed by atoms with van der Waals surface area (Å²) < 4.78 is 0. The largest absolute Gasteiger partial charge is 0.345 e. The number of hydrogen-bond acceptors (Lipinski definition) is 4. The fourth-order valence-corrected chi connectivity index (χ4v) is 3.78. The number of nitrogens with zero attached hydrogens (tertiary/aromatic N) is 1. The van der Waals surface area contributed by atoms with Gasteiger partial charge in [-0.3, -0.25) is 19.2 Å². The summed E-state index contributed by atoms with van der Waals surface area (Å²) in [6.07, 6.45) is 3.98. The van der Waals surface area contributed by atoms with Gasteiger partial charge in [-0.1, -0.05) is 44.2 Å². The first-order valence-corrected chi connectivity index (χ1v) is 10.0. The number of carbonyl (C=O) groups excluding carboxylic acids is 3. The molecule has 0 spiro atoms. The minimum Gasteiger partial charge on any atom is -0.345 e. The van der Waals surface area contributed by atoms with Crippen LogP contribution in [0, 0.1) is 17.8 Å². The molecule has 6 heteroatoms. The molecule has 0 heterocycles. The lowest BCUT2D eigenvalue weighted by Gasteiger charge is -2.31. The van der Waals surface area contributed by atoms with Crippen LogP contribution in [0.2, 0.25) is 0 Å². The fraction of sp³-hybridized carbons (Fsp3) is 0.591. The Morgan fingerprint density at radius 2 is 1.71 bits per heavy atom. The van der Waals surface area contributed by atoms with Crippen LogP contribution in [-0.4, -0.2) is 42.9 Å². The van der Waals surface area contributed by atoms with Gasteiger partial charge in [0.25, 0.3) is 0 Å². The zero-order valence-electron chi connectivity index (χ0n) is 17.3. The average molecular weight is 389 g/mol. The van der Waals surface area contributed by atoms with Crippen molar-refractivity contribution in [2.24, 2.45) is 17.8 Å². The minimum absolute atomic E-state index is 0.101. The van der Waals surface area contributed by atoms with E-state index in [1.54, 1.807) is 0 Å². The van der Waals surface area contributed by atoms with Gasteiger partial charge in [-0.15, -0.1) is 0 Å². The van der Waals surface area contributed by atoms with Crippen molar-refractivity contribution in [3.8, 4) is 0 Å². The molecule has 0 bridgehead atoms. The second kappa shape index (κ2) is 10.4. The van der Waals surface area contributed by atoms with Crippen molar-refractivity contribution in [3.63, 3.8) is 0 Å². The number of carbonyl (C=O) groups is 3. The molecule has 1 atom stereocenters. The quantitative estimate of drug-likeness (QED) is 0.549. The van der Waals surface area contributed by atoms with Crippen molar-refractivity contribution in [1.29, 1.82) is 0 Å². The summed E-state index contributed by atoms with van der Waals surface area (Å²) in [6, 6.07) is 8.48. The highest BCUT2D eigenvalue weighted by molar-refractivity contribution is 6.38. The van der Waals surface area contributed by atoms with E-state index in [1.807, 2.05) is 30.3 Å². The molecule has 1 aromatic rings. The summed E-state index contributed by atoms with van der Waals surface area (Å²) in [5.74, 6) is -0.397. The van der Waals surface area contributed by atoms with E-state index in [0.29, 0.717) is 11.8 Å². The van der Waals surface area contributed by atoms with Crippen LogP contribution in [0.1, 0.15) is 45.1 Å². The van der Waals surface area contributed by atoms with Crippen molar-refractivity contribution < 1.29 is 19.2 Å². The molecule has 28 heavy (non-hydrogen) atoms. The topological polar surface area (TPSA) is 75.7 Å². The van der Waals surface area contributed by atoms with Crippen LogP contribution < -0.4 is 5.32 Å². The van der Waals surface area contributed by atoms with Crippen LogP contribution >= 0.6 is 0 Å². The number of Topliss-reactive ketones (excluding diaryl/α,β-unsaturated/α-hetero) is 1. The van der Waals surface area contributed by atoms with Gasteiger partial charge in [-0.05, 0) is 43.1 Å². The van der Waals surface area contributed by atoms with E-state index in [0.717, 1.165) is 36.3 Å². The third-order valence-electron chi connectivity index (χ3n) is 5.77. The molecule has 0 aliphatic heterocycles. The highest BCUT2D eigenvalue weighted by Gasteiger charge is 2.33. The second-order valence-electron chi connectivity index (χ2n) is 7.96. The van der Waals surface area contributed by atoms with Gasteiger partial charge in [0.2, 0.25) is 11.7 Å². The van der Waals surface area contributed by atoms with Crippen molar-refractivity contribution in [2.75, 3.05) is 14.2 Å². The molecular formula is C22H32N2O4. The lowest BCUT2D eigenvalue weighted by atomic mass is 9.76. The number of likely N-dealkylation sites (N-methyl/N-ethyl adjacent to an activating group) is 1. The molecule has 2 rings (SSSR count). The van der Waals surface area contributed by atoms with Crippen LogP contribution in [0.15, 0.2) is 30.3 Å². The van der Waals surface area contributed by atoms with Crippen molar-refractivity contribution in [1.82, 2.24) is 10.4 Å². The number of amides is 2. The zero-order valence-corrected chi connectivity index (χ0v) is 17.3. The van der Waals surface area contributed by atoms with E-state index < -0.39 is 17.7 Å². The zero-order chi connectivity index (χ0) is 20.7. The molecule has 2 amide bonds. The van der Waals surface area contributed by atoms with Crippen LogP contribution in [-0.2, 0) is 25.6 Å². The van der Waals surface area contributed by atoms with Crippen molar-refractivity contribution in [2.45, 2.75) is 52.0 Å². The van der Waals surface area contributed by atoms with Crippen LogP contribution in [0.25, 0.3) is 0 Å². The maximum absolute atomic E-state index is 12.8. The number of ketones is 1. The van der Waals surface area contributed by atoms with E-state index in [1.165, 1.54) is 14.2 Å². The predicted molar refractivity (Wildman–Crippen MR) is 107 cm³/mol. The van der Waals surface area contributed by atoms with E-state index in [4.69, 9.17) is 4.84 Å². The Kier molecular flexibility index (Phi) is 8.18. The van der Waals surface area contributed by atoms with E-state index in [2.05, 4.69) is 19.2 Å². The van der Waals surface area contributed by atoms with Crippen LogP contribution in [0.5, 0.6) is 0 Å². The SMILES string of the molecule is CON(C)C(=O)C(=O)[C@@H](Cc1ccccc1)NC(=O)C1CCC(C(C)C)CC1.